The minimum Gasteiger partial charge on any atom is -0.494 e. The van der Waals surface area contributed by atoms with Crippen LogP contribution in [0.25, 0.3) is 5.69 Å². The van der Waals surface area contributed by atoms with Gasteiger partial charge in [-0.1, -0.05) is 47.6 Å². The number of rotatable bonds is 5. The zero-order valence-corrected chi connectivity index (χ0v) is 14.6. The lowest BCUT2D eigenvalue weighted by Crippen LogP contribution is -2.21. The van der Waals surface area contributed by atoms with E-state index >= 15 is 0 Å². The first-order valence-electron chi connectivity index (χ1n) is 7.42. The minimum atomic E-state index is -0.220. The molecule has 0 spiro atoms. The molecule has 0 N–H and O–H groups in total. The number of ether oxygens (including phenoxy) is 1. The number of hydrogen-bond donors (Lipinski definition) is 0. The highest BCUT2D eigenvalue weighted by Gasteiger charge is 2.11. The van der Waals surface area contributed by atoms with Gasteiger partial charge in [-0.3, -0.25) is 9.36 Å². The van der Waals surface area contributed by atoms with Crippen molar-refractivity contribution in [1.29, 1.82) is 0 Å². The first-order chi connectivity index (χ1) is 11.7. The molecule has 0 aliphatic carbocycles. The Morgan fingerprint density at radius 3 is 2.71 bits per heavy atom. The maximum absolute atomic E-state index is 12.8. The summed E-state index contributed by atoms with van der Waals surface area (Å²) in [4.78, 5) is 17.9. The average Bonchev–Trinajstić information content (AvgIpc) is 2.59. The van der Waals surface area contributed by atoms with Crippen molar-refractivity contribution >= 4 is 23.4 Å². The van der Waals surface area contributed by atoms with Gasteiger partial charge < -0.3 is 4.74 Å². The second-order valence-corrected chi connectivity index (χ2v) is 6.34. The van der Waals surface area contributed by atoms with E-state index in [9.17, 15) is 4.79 Å². The number of aromatic nitrogens is 2. The molecule has 0 aliphatic heterocycles. The van der Waals surface area contributed by atoms with Crippen LogP contribution in [0.4, 0.5) is 0 Å². The summed E-state index contributed by atoms with van der Waals surface area (Å²) >= 11 is 7.42. The van der Waals surface area contributed by atoms with E-state index in [2.05, 4.69) is 4.98 Å². The van der Waals surface area contributed by atoms with Crippen LogP contribution in [0, 0.1) is 0 Å². The fourth-order valence-electron chi connectivity index (χ4n) is 2.19. The molecule has 1 heterocycles. The zero-order chi connectivity index (χ0) is 16.9. The van der Waals surface area contributed by atoms with E-state index in [0.717, 1.165) is 4.90 Å². The molecular weight excluding hydrogens is 344 g/mol. The summed E-state index contributed by atoms with van der Waals surface area (Å²) in [7, 11) is 0. The van der Waals surface area contributed by atoms with E-state index in [1.54, 1.807) is 6.07 Å². The Labute approximate surface area is 149 Å². The van der Waals surface area contributed by atoms with Gasteiger partial charge in [0.1, 0.15) is 10.9 Å². The van der Waals surface area contributed by atoms with Crippen LogP contribution in [-0.4, -0.2) is 16.2 Å². The molecule has 4 nitrogen and oxygen atoms in total. The first kappa shape index (κ1) is 16.6. The van der Waals surface area contributed by atoms with Crippen molar-refractivity contribution in [2.45, 2.75) is 16.8 Å². The second kappa shape index (κ2) is 7.55. The lowest BCUT2D eigenvalue weighted by Gasteiger charge is -2.10. The van der Waals surface area contributed by atoms with E-state index in [1.165, 1.54) is 22.5 Å². The highest BCUT2D eigenvalue weighted by Crippen LogP contribution is 2.25. The highest BCUT2D eigenvalue weighted by molar-refractivity contribution is 7.99. The third kappa shape index (κ3) is 3.80. The van der Waals surface area contributed by atoms with Crippen LogP contribution in [0.3, 0.4) is 0 Å². The molecular formula is C18H15ClN2O2S. The van der Waals surface area contributed by atoms with E-state index in [-0.39, 0.29) is 10.7 Å². The maximum atomic E-state index is 12.8. The number of halogens is 1. The molecule has 0 saturated heterocycles. The summed E-state index contributed by atoms with van der Waals surface area (Å²) in [6.45, 7) is 2.47. The lowest BCUT2D eigenvalue weighted by molar-refractivity contribution is 0.340. The molecule has 0 bridgehead atoms. The maximum Gasteiger partial charge on any atom is 0.288 e. The van der Waals surface area contributed by atoms with Gasteiger partial charge in [0.15, 0.2) is 5.03 Å². The van der Waals surface area contributed by atoms with E-state index in [1.807, 2.05) is 55.5 Å². The third-order valence-corrected chi connectivity index (χ3v) is 4.36. The molecule has 24 heavy (non-hydrogen) atoms. The summed E-state index contributed by atoms with van der Waals surface area (Å²) in [6.07, 6.45) is 1.52. The molecule has 1 aromatic heterocycles. The van der Waals surface area contributed by atoms with Gasteiger partial charge in [0.2, 0.25) is 0 Å². The zero-order valence-electron chi connectivity index (χ0n) is 13.0. The van der Waals surface area contributed by atoms with Crippen molar-refractivity contribution in [3.8, 4) is 11.4 Å². The fourth-order valence-corrected chi connectivity index (χ4v) is 3.27. The van der Waals surface area contributed by atoms with Crippen molar-refractivity contribution in [3.63, 3.8) is 0 Å². The van der Waals surface area contributed by atoms with E-state index < -0.39 is 0 Å². The van der Waals surface area contributed by atoms with Crippen molar-refractivity contribution < 1.29 is 4.74 Å². The molecule has 2 aromatic carbocycles. The van der Waals surface area contributed by atoms with Gasteiger partial charge in [-0.15, -0.1) is 0 Å². The van der Waals surface area contributed by atoms with Gasteiger partial charge in [0.05, 0.1) is 18.5 Å². The van der Waals surface area contributed by atoms with Crippen molar-refractivity contribution in [2.75, 3.05) is 6.61 Å². The Morgan fingerprint density at radius 1 is 1.17 bits per heavy atom. The molecule has 0 unspecified atom stereocenters. The van der Waals surface area contributed by atoms with Crippen LogP contribution < -0.4 is 10.3 Å². The van der Waals surface area contributed by atoms with Gasteiger partial charge in [-0.2, -0.15) is 0 Å². The molecule has 0 aliphatic rings. The fraction of sp³-hybridized carbons (Fsp3) is 0.111. The van der Waals surface area contributed by atoms with Crippen LogP contribution in [0.15, 0.2) is 75.5 Å². The smallest absolute Gasteiger partial charge is 0.288 e. The largest absolute Gasteiger partial charge is 0.494 e. The predicted molar refractivity (Wildman–Crippen MR) is 96.6 cm³/mol. The van der Waals surface area contributed by atoms with Gasteiger partial charge >= 0.3 is 0 Å². The standard InChI is InChI=1S/C18H15ClN2O2S/c1-2-23-14-8-6-7-13(11-14)21-12-16(19)20-17(18(21)22)24-15-9-4-3-5-10-15/h3-12H,2H2,1H3. The normalized spacial score (nSPS) is 10.6. The summed E-state index contributed by atoms with van der Waals surface area (Å²) < 4.78 is 6.98. The summed E-state index contributed by atoms with van der Waals surface area (Å²) in [5, 5.41) is 0.588. The second-order valence-electron chi connectivity index (χ2n) is 4.89. The Balaban J connectivity index is 2.03. The molecule has 122 valence electrons. The van der Waals surface area contributed by atoms with Gasteiger partial charge in [0.25, 0.3) is 5.56 Å². The van der Waals surface area contributed by atoms with Crippen molar-refractivity contribution in [3.05, 3.63) is 76.3 Å². The van der Waals surface area contributed by atoms with E-state index in [4.69, 9.17) is 16.3 Å². The highest BCUT2D eigenvalue weighted by atomic mass is 35.5. The molecule has 0 radical (unpaired) electrons. The van der Waals surface area contributed by atoms with Gasteiger partial charge in [0, 0.05) is 11.0 Å². The number of nitrogens with zero attached hydrogens (tertiary/aromatic N) is 2. The molecule has 0 amide bonds. The predicted octanol–water partition coefficient (Wildman–Crippen LogP) is 4.44. The SMILES string of the molecule is CCOc1cccc(-n2cc(Cl)nc(Sc3ccccc3)c2=O)c1. The Hall–Kier alpha value is -2.24. The van der Waals surface area contributed by atoms with E-state index in [0.29, 0.717) is 23.1 Å². The molecule has 0 fully saturated rings. The monoisotopic (exact) mass is 358 g/mol. The molecule has 0 saturated carbocycles. The Bertz CT molecular complexity index is 897. The minimum absolute atomic E-state index is 0.220. The molecule has 0 atom stereocenters. The Morgan fingerprint density at radius 2 is 1.96 bits per heavy atom. The molecule has 3 rings (SSSR count). The topological polar surface area (TPSA) is 44.1 Å². The van der Waals surface area contributed by atoms with Crippen molar-refractivity contribution in [1.82, 2.24) is 9.55 Å². The van der Waals surface area contributed by atoms with Gasteiger partial charge in [-0.05, 0) is 31.2 Å². The third-order valence-electron chi connectivity index (χ3n) is 3.21. The van der Waals surface area contributed by atoms with Crippen LogP contribution >= 0.6 is 23.4 Å². The number of hydrogen-bond acceptors (Lipinski definition) is 4. The number of benzene rings is 2. The molecule has 3 aromatic rings. The van der Waals surface area contributed by atoms with Crippen LogP contribution in [-0.2, 0) is 0 Å². The quantitative estimate of drug-likeness (QED) is 0.676. The van der Waals surface area contributed by atoms with Gasteiger partial charge in [-0.25, -0.2) is 4.98 Å². The first-order valence-corrected chi connectivity index (χ1v) is 8.62. The van der Waals surface area contributed by atoms with Crippen LogP contribution in [0.5, 0.6) is 5.75 Å². The van der Waals surface area contributed by atoms with Crippen molar-refractivity contribution in [2.24, 2.45) is 0 Å². The van der Waals surface area contributed by atoms with Crippen LogP contribution in [0.1, 0.15) is 6.92 Å². The lowest BCUT2D eigenvalue weighted by atomic mass is 10.3. The average molecular weight is 359 g/mol. The summed E-state index contributed by atoms with van der Waals surface area (Å²) in [5.74, 6) is 0.701. The molecule has 6 heteroatoms. The van der Waals surface area contributed by atoms with Crippen LogP contribution in [0.2, 0.25) is 5.15 Å². The summed E-state index contributed by atoms with van der Waals surface area (Å²) in [6, 6.07) is 16.9. The summed E-state index contributed by atoms with van der Waals surface area (Å²) in [5.41, 5.74) is 0.465. The Kier molecular flexibility index (Phi) is 5.23.